The van der Waals surface area contributed by atoms with Crippen LogP contribution in [0.4, 0.5) is 0 Å². The van der Waals surface area contributed by atoms with Gasteiger partial charge >= 0.3 is 5.97 Å². The quantitative estimate of drug-likeness (QED) is 0.654. The van der Waals surface area contributed by atoms with E-state index < -0.39 is 5.54 Å². The van der Waals surface area contributed by atoms with E-state index in [2.05, 4.69) is 5.32 Å². The van der Waals surface area contributed by atoms with E-state index in [1.54, 1.807) is 6.92 Å². The molecular formula is C10H15NO3. The zero-order chi connectivity index (χ0) is 10.5. The van der Waals surface area contributed by atoms with Crippen LogP contribution in [0.25, 0.3) is 0 Å². The lowest BCUT2D eigenvalue weighted by Gasteiger charge is -2.43. The summed E-state index contributed by atoms with van der Waals surface area (Å²) in [7, 11) is 0. The fourth-order valence-corrected chi connectivity index (χ4v) is 2.40. The molecule has 2 rings (SSSR count). The minimum Gasteiger partial charge on any atom is -0.457 e. The predicted molar refractivity (Wildman–Crippen MR) is 49.4 cm³/mol. The van der Waals surface area contributed by atoms with Crippen LogP contribution < -0.4 is 5.32 Å². The first kappa shape index (κ1) is 9.49. The van der Waals surface area contributed by atoms with E-state index in [4.69, 9.17) is 4.74 Å². The predicted octanol–water partition coefficient (Wildman–Crippen LogP) is 0.463. The number of hydrogen-bond acceptors (Lipinski definition) is 3. The number of nitrogens with one attached hydrogen (secondary N) is 1. The number of carbonyl (C=O) groups excluding carboxylic acids is 2. The number of hydrogen-bond donors (Lipinski definition) is 1. The Bertz CT molecular complexity index is 300. The Morgan fingerprint density at radius 1 is 1.50 bits per heavy atom. The van der Waals surface area contributed by atoms with Gasteiger partial charge in [0.1, 0.15) is 6.10 Å². The maximum atomic E-state index is 11.4. The highest BCUT2D eigenvalue weighted by molar-refractivity contribution is 5.99. The maximum Gasteiger partial charge on any atom is 0.336 e. The van der Waals surface area contributed by atoms with Crippen LogP contribution in [0.5, 0.6) is 0 Å². The molecule has 78 valence electrons. The van der Waals surface area contributed by atoms with Gasteiger partial charge in [0.15, 0.2) is 5.54 Å². The first-order valence-electron chi connectivity index (χ1n) is 5.00. The average Bonchev–Trinajstić information content (AvgIpc) is 2.26. The second kappa shape index (κ2) is 2.72. The van der Waals surface area contributed by atoms with E-state index in [-0.39, 0.29) is 23.9 Å². The van der Waals surface area contributed by atoms with E-state index in [9.17, 15) is 9.59 Å². The molecule has 14 heavy (non-hydrogen) atoms. The lowest BCUT2D eigenvalue weighted by molar-refractivity contribution is -0.193. The van der Waals surface area contributed by atoms with E-state index in [1.807, 2.05) is 13.8 Å². The summed E-state index contributed by atoms with van der Waals surface area (Å²) in [6.07, 6.45) is 0.428. The largest absolute Gasteiger partial charge is 0.457 e. The molecule has 0 bridgehead atoms. The van der Waals surface area contributed by atoms with Crippen molar-refractivity contribution in [2.24, 2.45) is 11.8 Å². The molecule has 1 unspecified atom stereocenters. The van der Waals surface area contributed by atoms with Crippen LogP contribution in [-0.2, 0) is 14.3 Å². The number of fused-ring (bicyclic) bond motifs is 1. The molecule has 3 atom stereocenters. The van der Waals surface area contributed by atoms with E-state index >= 15 is 0 Å². The lowest BCUT2D eigenvalue weighted by atomic mass is 9.79. The third-order valence-electron chi connectivity index (χ3n) is 3.03. The average molecular weight is 197 g/mol. The van der Waals surface area contributed by atoms with Crippen molar-refractivity contribution in [1.82, 2.24) is 5.32 Å². The fraction of sp³-hybridized carbons (Fsp3) is 0.800. The summed E-state index contributed by atoms with van der Waals surface area (Å²) < 4.78 is 5.03. The number of amides is 1. The van der Waals surface area contributed by atoms with Gasteiger partial charge in [-0.15, -0.1) is 0 Å². The van der Waals surface area contributed by atoms with E-state index in [0.717, 1.165) is 0 Å². The Hall–Kier alpha value is -1.06. The first-order valence-corrected chi connectivity index (χ1v) is 5.00. The summed E-state index contributed by atoms with van der Waals surface area (Å²) in [5, 5.41) is 2.78. The van der Waals surface area contributed by atoms with Crippen molar-refractivity contribution in [3.05, 3.63) is 0 Å². The number of ether oxygens (including phenoxy) is 1. The van der Waals surface area contributed by atoms with Crippen molar-refractivity contribution in [3.63, 3.8) is 0 Å². The molecule has 0 saturated carbocycles. The van der Waals surface area contributed by atoms with Crippen molar-refractivity contribution in [1.29, 1.82) is 0 Å². The third-order valence-corrected chi connectivity index (χ3v) is 3.03. The van der Waals surface area contributed by atoms with Gasteiger partial charge in [0, 0.05) is 0 Å². The lowest BCUT2D eigenvalue weighted by Crippen LogP contribution is -2.67. The minimum atomic E-state index is -0.704. The molecule has 4 heteroatoms. The van der Waals surface area contributed by atoms with Gasteiger partial charge in [0.05, 0.1) is 5.92 Å². The molecule has 0 radical (unpaired) electrons. The molecule has 2 fully saturated rings. The molecule has 2 aliphatic rings. The third kappa shape index (κ3) is 0.996. The van der Waals surface area contributed by atoms with Crippen molar-refractivity contribution >= 4 is 11.9 Å². The molecule has 2 saturated heterocycles. The van der Waals surface area contributed by atoms with Crippen LogP contribution in [0.15, 0.2) is 0 Å². The van der Waals surface area contributed by atoms with Gasteiger partial charge in [-0.2, -0.15) is 0 Å². The highest BCUT2D eigenvalue weighted by atomic mass is 16.6. The summed E-state index contributed by atoms with van der Waals surface area (Å²) in [6, 6.07) is 0. The van der Waals surface area contributed by atoms with Gasteiger partial charge in [0.2, 0.25) is 5.91 Å². The smallest absolute Gasteiger partial charge is 0.336 e. The monoisotopic (exact) mass is 197 g/mol. The molecule has 4 nitrogen and oxygen atoms in total. The van der Waals surface area contributed by atoms with E-state index in [0.29, 0.717) is 12.3 Å². The topological polar surface area (TPSA) is 55.4 Å². The van der Waals surface area contributed by atoms with Crippen LogP contribution in [0.3, 0.4) is 0 Å². The number of carbonyl (C=O) groups is 2. The molecule has 0 aromatic heterocycles. The number of rotatable bonds is 2. The zero-order valence-electron chi connectivity index (χ0n) is 8.66. The Morgan fingerprint density at radius 3 is 2.57 bits per heavy atom. The second-order valence-electron chi connectivity index (χ2n) is 4.67. The second-order valence-corrected chi connectivity index (χ2v) is 4.67. The van der Waals surface area contributed by atoms with Crippen molar-refractivity contribution in [2.75, 3.05) is 0 Å². The maximum absolute atomic E-state index is 11.4. The van der Waals surface area contributed by atoms with Crippen LogP contribution in [0, 0.1) is 11.8 Å². The summed E-state index contributed by atoms with van der Waals surface area (Å²) in [5.41, 5.74) is -0.704. The van der Waals surface area contributed by atoms with Gasteiger partial charge in [-0.3, -0.25) is 4.79 Å². The Labute approximate surface area is 83.0 Å². The molecular weight excluding hydrogens is 182 g/mol. The zero-order valence-corrected chi connectivity index (χ0v) is 8.66. The Kier molecular flexibility index (Phi) is 1.84. The highest BCUT2D eigenvalue weighted by Crippen LogP contribution is 2.42. The highest BCUT2D eigenvalue weighted by Gasteiger charge is 2.66. The summed E-state index contributed by atoms with van der Waals surface area (Å²) in [5.74, 6) is -0.169. The normalized spacial score (nSPS) is 40.3. The molecule has 2 aliphatic heterocycles. The summed E-state index contributed by atoms with van der Waals surface area (Å²) >= 11 is 0. The van der Waals surface area contributed by atoms with Gasteiger partial charge in [-0.05, 0) is 19.3 Å². The standard InChI is InChI=1S/C10H15NO3/c1-5(2)4-10-7(14-9(10)13)6(3)8(12)11-10/h5-7H,4H2,1-3H3,(H,11,12)/t6-,7+,10?/m1/s1. The fourth-order valence-electron chi connectivity index (χ4n) is 2.40. The molecule has 0 aliphatic carbocycles. The van der Waals surface area contributed by atoms with Gasteiger partial charge in [-0.1, -0.05) is 13.8 Å². The van der Waals surface area contributed by atoms with Crippen LogP contribution in [0.2, 0.25) is 0 Å². The Balaban J connectivity index is 2.24. The minimum absolute atomic E-state index is 0.0681. The van der Waals surface area contributed by atoms with E-state index in [1.165, 1.54) is 0 Å². The van der Waals surface area contributed by atoms with Crippen LogP contribution in [-0.4, -0.2) is 23.5 Å². The van der Waals surface area contributed by atoms with Gasteiger partial charge in [0.25, 0.3) is 0 Å². The molecule has 1 amide bonds. The van der Waals surface area contributed by atoms with Crippen molar-refractivity contribution in [2.45, 2.75) is 38.8 Å². The van der Waals surface area contributed by atoms with Gasteiger partial charge in [-0.25, -0.2) is 4.79 Å². The molecule has 0 aromatic carbocycles. The molecule has 1 N–H and O–H groups in total. The van der Waals surface area contributed by atoms with Crippen LogP contribution in [0.1, 0.15) is 27.2 Å². The SMILES string of the molecule is CC(C)CC12NC(=O)[C@H](C)[C@@H]1OC2=O. The summed E-state index contributed by atoms with van der Waals surface area (Å²) in [4.78, 5) is 22.8. The molecule has 0 spiro atoms. The Morgan fingerprint density at radius 2 is 2.14 bits per heavy atom. The van der Waals surface area contributed by atoms with Crippen molar-refractivity contribution < 1.29 is 14.3 Å². The first-order chi connectivity index (χ1) is 6.47. The molecule has 0 aromatic rings. The summed E-state index contributed by atoms with van der Waals surface area (Å²) in [6.45, 7) is 5.87. The van der Waals surface area contributed by atoms with Gasteiger partial charge < -0.3 is 10.1 Å². The van der Waals surface area contributed by atoms with Crippen molar-refractivity contribution in [3.8, 4) is 0 Å². The molecule has 2 heterocycles. The number of esters is 1. The van der Waals surface area contributed by atoms with Crippen LogP contribution >= 0.6 is 0 Å².